The Morgan fingerprint density at radius 2 is 1.62 bits per heavy atom. The molecule has 0 saturated carbocycles. The van der Waals surface area contributed by atoms with Gasteiger partial charge in [0.1, 0.15) is 7.11 Å². The number of hydrogen-bond donors (Lipinski definition) is 0. The Balaban J connectivity index is 2.31. The summed E-state index contributed by atoms with van der Waals surface area (Å²) in [6, 6.07) is 4.81. The number of nitrogens with zero attached hydrogens (tertiary/aromatic N) is 2. The van der Waals surface area contributed by atoms with Crippen LogP contribution in [0.1, 0.15) is 22.4 Å². The Labute approximate surface area is 149 Å². The predicted octanol–water partition coefficient (Wildman–Crippen LogP) is 5.37. The number of halogens is 7. The minimum absolute atomic E-state index is 0.0790. The summed E-state index contributed by atoms with van der Waals surface area (Å²) in [4.78, 5) is 8.34. The number of hydrogen-bond acceptors (Lipinski definition) is 3. The van der Waals surface area contributed by atoms with Gasteiger partial charge in [0, 0.05) is 12.6 Å². The van der Waals surface area contributed by atoms with E-state index in [9.17, 15) is 26.3 Å². The Morgan fingerprint density at radius 1 is 1.04 bits per heavy atom. The maximum absolute atomic E-state index is 12.6. The molecule has 1 heterocycles. The minimum Gasteiger partial charge on any atom is -0.399 e. The fraction of sp³-hybridized carbons (Fsp3) is 0.250. The van der Waals surface area contributed by atoms with E-state index >= 15 is 0 Å². The zero-order chi connectivity index (χ0) is 19.5. The molecule has 0 aliphatic rings. The van der Waals surface area contributed by atoms with Gasteiger partial charge in [-0.1, -0.05) is 28.9 Å². The zero-order valence-corrected chi connectivity index (χ0v) is 13.9. The largest absolute Gasteiger partial charge is 0.417 e. The molecule has 0 atom stereocenters. The standard InChI is InChI=1S/C16H11ClF6N2O/c1-26-25-13(9-2-4-10(5-3-9)15(18,19)20)7-14-12(17)6-11(8-24-14)16(21,22)23/h2-6,8H,7H2,1H3/b25-13+. The van der Waals surface area contributed by atoms with E-state index in [-0.39, 0.29) is 28.4 Å². The lowest BCUT2D eigenvalue weighted by Crippen LogP contribution is -2.11. The van der Waals surface area contributed by atoms with Gasteiger partial charge < -0.3 is 4.84 Å². The number of oxime groups is 1. The van der Waals surface area contributed by atoms with Gasteiger partial charge >= 0.3 is 12.4 Å². The van der Waals surface area contributed by atoms with E-state index in [1.165, 1.54) is 19.2 Å². The average Bonchev–Trinajstić information content (AvgIpc) is 2.54. The molecule has 0 radical (unpaired) electrons. The highest BCUT2D eigenvalue weighted by molar-refractivity contribution is 6.31. The average molecular weight is 397 g/mol. The van der Waals surface area contributed by atoms with Crippen molar-refractivity contribution in [3.63, 3.8) is 0 Å². The predicted molar refractivity (Wildman–Crippen MR) is 82.9 cm³/mol. The summed E-state index contributed by atoms with van der Waals surface area (Å²) >= 11 is 5.85. The van der Waals surface area contributed by atoms with Crippen LogP contribution in [0.3, 0.4) is 0 Å². The molecule has 0 N–H and O–H groups in total. The smallest absolute Gasteiger partial charge is 0.399 e. The second-order valence-corrected chi connectivity index (χ2v) is 5.53. The maximum Gasteiger partial charge on any atom is 0.417 e. The van der Waals surface area contributed by atoms with Gasteiger partial charge in [0.15, 0.2) is 0 Å². The molecule has 0 amide bonds. The van der Waals surface area contributed by atoms with Crippen molar-refractivity contribution in [3.8, 4) is 0 Å². The number of pyridine rings is 1. The first-order valence-corrected chi connectivity index (χ1v) is 7.39. The summed E-state index contributed by atoms with van der Waals surface area (Å²) in [7, 11) is 1.23. The lowest BCUT2D eigenvalue weighted by atomic mass is 10.0. The first-order chi connectivity index (χ1) is 12.0. The fourth-order valence-corrected chi connectivity index (χ4v) is 2.29. The zero-order valence-electron chi connectivity index (χ0n) is 13.1. The van der Waals surface area contributed by atoms with E-state index < -0.39 is 23.5 Å². The molecule has 26 heavy (non-hydrogen) atoms. The summed E-state index contributed by atoms with van der Waals surface area (Å²) in [6.45, 7) is 0. The van der Waals surface area contributed by atoms with Crippen molar-refractivity contribution in [1.82, 2.24) is 4.98 Å². The van der Waals surface area contributed by atoms with Crippen LogP contribution < -0.4 is 0 Å². The third-order valence-electron chi connectivity index (χ3n) is 3.33. The van der Waals surface area contributed by atoms with Gasteiger partial charge in [0.2, 0.25) is 0 Å². The normalized spacial score (nSPS) is 13.0. The third-order valence-corrected chi connectivity index (χ3v) is 3.65. The van der Waals surface area contributed by atoms with Crippen LogP contribution in [0.25, 0.3) is 0 Å². The quantitative estimate of drug-likeness (QED) is 0.396. The molecular formula is C16H11ClF6N2O. The topological polar surface area (TPSA) is 34.5 Å². The molecule has 2 aromatic rings. The number of aromatic nitrogens is 1. The summed E-state index contributed by atoms with van der Waals surface area (Å²) in [5, 5.41) is 3.47. The molecule has 3 nitrogen and oxygen atoms in total. The molecule has 0 unspecified atom stereocenters. The summed E-state index contributed by atoms with van der Waals surface area (Å²) in [6.07, 6.45) is -8.59. The fourth-order valence-electron chi connectivity index (χ4n) is 2.06. The number of alkyl halides is 6. The molecular weight excluding hydrogens is 386 g/mol. The molecule has 0 fully saturated rings. The van der Waals surface area contributed by atoms with Crippen molar-refractivity contribution in [2.24, 2.45) is 5.16 Å². The highest BCUT2D eigenvalue weighted by atomic mass is 35.5. The highest BCUT2D eigenvalue weighted by Gasteiger charge is 2.32. The van der Waals surface area contributed by atoms with Crippen LogP contribution in [-0.4, -0.2) is 17.8 Å². The van der Waals surface area contributed by atoms with Gasteiger partial charge in [-0.25, -0.2) is 0 Å². The molecule has 1 aromatic heterocycles. The Morgan fingerprint density at radius 3 is 2.08 bits per heavy atom. The number of benzene rings is 1. The van der Waals surface area contributed by atoms with Gasteiger partial charge in [0.05, 0.1) is 27.6 Å². The molecule has 0 spiro atoms. The molecule has 0 saturated heterocycles. The van der Waals surface area contributed by atoms with Crippen molar-refractivity contribution in [2.75, 3.05) is 7.11 Å². The van der Waals surface area contributed by atoms with E-state index in [1.807, 2.05) is 0 Å². The van der Waals surface area contributed by atoms with Crippen LogP contribution in [0.5, 0.6) is 0 Å². The van der Waals surface area contributed by atoms with Crippen LogP contribution in [0, 0.1) is 0 Å². The van der Waals surface area contributed by atoms with E-state index in [0.29, 0.717) is 6.20 Å². The van der Waals surface area contributed by atoms with Crippen molar-refractivity contribution < 1.29 is 31.2 Å². The summed E-state index contributed by atoms with van der Waals surface area (Å²) in [5.41, 5.74) is -1.32. The van der Waals surface area contributed by atoms with Crippen LogP contribution in [-0.2, 0) is 23.6 Å². The van der Waals surface area contributed by atoms with E-state index in [0.717, 1.165) is 18.2 Å². The molecule has 10 heteroatoms. The first kappa shape index (κ1) is 20.0. The summed E-state index contributed by atoms with van der Waals surface area (Å²) < 4.78 is 75.8. The Hall–Kier alpha value is -2.29. The van der Waals surface area contributed by atoms with Gasteiger partial charge in [-0.05, 0) is 23.8 Å². The lowest BCUT2D eigenvalue weighted by Gasteiger charge is -2.11. The lowest BCUT2D eigenvalue weighted by molar-refractivity contribution is -0.138. The van der Waals surface area contributed by atoms with Gasteiger partial charge in [-0.2, -0.15) is 26.3 Å². The van der Waals surface area contributed by atoms with Crippen molar-refractivity contribution in [3.05, 3.63) is 63.9 Å². The highest BCUT2D eigenvalue weighted by Crippen LogP contribution is 2.32. The van der Waals surface area contributed by atoms with Crippen LogP contribution in [0.2, 0.25) is 5.02 Å². The van der Waals surface area contributed by atoms with E-state index in [4.69, 9.17) is 11.6 Å². The third kappa shape index (κ3) is 4.87. The molecule has 1 aromatic carbocycles. The van der Waals surface area contributed by atoms with E-state index in [2.05, 4.69) is 15.0 Å². The second-order valence-electron chi connectivity index (χ2n) is 5.12. The maximum atomic E-state index is 12.6. The van der Waals surface area contributed by atoms with Crippen LogP contribution >= 0.6 is 11.6 Å². The van der Waals surface area contributed by atoms with E-state index in [1.54, 1.807) is 0 Å². The second kappa shape index (κ2) is 7.53. The molecule has 140 valence electrons. The van der Waals surface area contributed by atoms with Crippen molar-refractivity contribution in [2.45, 2.75) is 18.8 Å². The molecule has 0 aliphatic carbocycles. The van der Waals surface area contributed by atoms with Crippen LogP contribution in [0.15, 0.2) is 41.7 Å². The van der Waals surface area contributed by atoms with Crippen LogP contribution in [0.4, 0.5) is 26.3 Å². The number of rotatable bonds is 4. The van der Waals surface area contributed by atoms with Crippen molar-refractivity contribution in [1.29, 1.82) is 0 Å². The van der Waals surface area contributed by atoms with Gasteiger partial charge in [0.25, 0.3) is 0 Å². The Kier molecular flexibility index (Phi) is 5.80. The SMILES string of the molecule is CO/N=C(\Cc1ncc(C(F)(F)F)cc1Cl)c1ccc(C(F)(F)F)cc1. The minimum atomic E-state index is -4.59. The molecule has 0 aliphatic heterocycles. The monoisotopic (exact) mass is 396 g/mol. The molecule has 0 bridgehead atoms. The Bertz CT molecular complexity index is 800. The van der Waals surface area contributed by atoms with Gasteiger partial charge in [-0.3, -0.25) is 4.98 Å². The van der Waals surface area contributed by atoms with Gasteiger partial charge in [-0.15, -0.1) is 0 Å². The molecule has 2 rings (SSSR count). The first-order valence-electron chi connectivity index (χ1n) is 7.01. The summed E-state index contributed by atoms with van der Waals surface area (Å²) in [5.74, 6) is 0. The van der Waals surface area contributed by atoms with Crippen molar-refractivity contribution >= 4 is 17.3 Å².